The van der Waals surface area contributed by atoms with E-state index in [1.807, 2.05) is 42.5 Å². The Bertz CT molecular complexity index is 1080. The van der Waals surface area contributed by atoms with Crippen molar-refractivity contribution in [3.05, 3.63) is 89.7 Å². The van der Waals surface area contributed by atoms with E-state index in [0.29, 0.717) is 50.3 Å². The van der Waals surface area contributed by atoms with E-state index in [-0.39, 0.29) is 11.7 Å². The van der Waals surface area contributed by atoms with Gasteiger partial charge in [-0.3, -0.25) is 4.79 Å². The van der Waals surface area contributed by atoms with Crippen LogP contribution in [-0.2, 0) is 22.4 Å². The standard InChI is InChI=1S/C28H30FNO3/c1-32-26-12-11-23(29)19-25(26)24-10-6-5-9-22(24)20-28(14-17-33-18-15-28)27(31)30-16-13-21-7-3-2-4-8-21/h2-12,19H,13-18,20H2,1H3,(H,30,31). The van der Waals surface area contributed by atoms with Gasteiger partial charge < -0.3 is 14.8 Å². The highest BCUT2D eigenvalue weighted by molar-refractivity contribution is 5.84. The number of carbonyl (C=O) groups is 1. The molecule has 1 heterocycles. The topological polar surface area (TPSA) is 47.6 Å². The van der Waals surface area contributed by atoms with Crippen LogP contribution in [0.2, 0.25) is 0 Å². The molecule has 4 nitrogen and oxygen atoms in total. The lowest BCUT2D eigenvalue weighted by atomic mass is 9.73. The van der Waals surface area contributed by atoms with Gasteiger partial charge in [-0.15, -0.1) is 0 Å². The molecule has 0 saturated carbocycles. The van der Waals surface area contributed by atoms with Crippen LogP contribution in [0.1, 0.15) is 24.0 Å². The van der Waals surface area contributed by atoms with Crippen LogP contribution in [0, 0.1) is 11.2 Å². The van der Waals surface area contributed by atoms with E-state index in [9.17, 15) is 9.18 Å². The number of rotatable bonds is 8. The number of amides is 1. The number of hydrogen-bond acceptors (Lipinski definition) is 3. The first-order chi connectivity index (χ1) is 16.1. The van der Waals surface area contributed by atoms with Crippen molar-refractivity contribution in [1.82, 2.24) is 5.32 Å². The van der Waals surface area contributed by atoms with Gasteiger partial charge in [-0.1, -0.05) is 54.6 Å². The molecule has 0 spiro atoms. The maximum absolute atomic E-state index is 14.1. The van der Waals surface area contributed by atoms with Gasteiger partial charge in [-0.2, -0.15) is 0 Å². The molecular formula is C28H30FNO3. The second-order valence-corrected chi connectivity index (χ2v) is 8.56. The normalized spacial score (nSPS) is 15.1. The molecule has 1 N–H and O–H groups in total. The quantitative estimate of drug-likeness (QED) is 0.516. The lowest BCUT2D eigenvalue weighted by Crippen LogP contribution is -2.46. The van der Waals surface area contributed by atoms with Gasteiger partial charge >= 0.3 is 0 Å². The Morgan fingerprint density at radius 2 is 1.73 bits per heavy atom. The Hall–Kier alpha value is -3.18. The highest BCUT2D eigenvalue weighted by Crippen LogP contribution is 2.40. The van der Waals surface area contributed by atoms with Gasteiger partial charge in [0.1, 0.15) is 11.6 Å². The number of halogens is 1. The average Bonchev–Trinajstić information content (AvgIpc) is 2.85. The molecule has 0 radical (unpaired) electrons. The SMILES string of the molecule is COc1ccc(F)cc1-c1ccccc1CC1(C(=O)NCCc2ccccc2)CCOCC1. The average molecular weight is 448 g/mol. The van der Waals surface area contributed by atoms with Crippen LogP contribution in [-0.4, -0.2) is 32.8 Å². The van der Waals surface area contributed by atoms with E-state index in [0.717, 1.165) is 17.5 Å². The molecule has 0 aliphatic carbocycles. The third-order valence-corrected chi connectivity index (χ3v) is 6.47. The molecule has 0 bridgehead atoms. The maximum atomic E-state index is 14.1. The summed E-state index contributed by atoms with van der Waals surface area (Å²) in [4.78, 5) is 13.5. The van der Waals surface area contributed by atoms with Gasteiger partial charge in [-0.25, -0.2) is 4.39 Å². The first-order valence-electron chi connectivity index (χ1n) is 11.4. The smallest absolute Gasteiger partial charge is 0.226 e. The van der Waals surface area contributed by atoms with Gasteiger partial charge in [-0.05, 0) is 60.6 Å². The fourth-order valence-corrected chi connectivity index (χ4v) is 4.59. The Morgan fingerprint density at radius 1 is 1.00 bits per heavy atom. The number of hydrogen-bond donors (Lipinski definition) is 1. The zero-order valence-electron chi connectivity index (χ0n) is 19.0. The van der Waals surface area contributed by atoms with Gasteiger partial charge in [0.25, 0.3) is 0 Å². The molecule has 172 valence electrons. The Kier molecular flexibility index (Phi) is 7.40. The summed E-state index contributed by atoms with van der Waals surface area (Å²) in [5.41, 5.74) is 3.21. The Morgan fingerprint density at radius 3 is 2.48 bits per heavy atom. The number of benzene rings is 3. The third-order valence-electron chi connectivity index (χ3n) is 6.47. The molecule has 0 aromatic heterocycles. The van der Waals surface area contributed by atoms with Crippen LogP contribution in [0.15, 0.2) is 72.8 Å². The Labute approximate surface area is 194 Å². The van der Waals surface area contributed by atoms with Crippen LogP contribution in [0.3, 0.4) is 0 Å². The lowest BCUT2D eigenvalue weighted by Gasteiger charge is -2.36. The summed E-state index contributed by atoms with van der Waals surface area (Å²) in [6, 6.07) is 22.6. The highest BCUT2D eigenvalue weighted by atomic mass is 19.1. The number of nitrogens with one attached hydrogen (secondary N) is 1. The first-order valence-corrected chi connectivity index (χ1v) is 11.4. The van der Waals surface area contributed by atoms with Crippen molar-refractivity contribution in [1.29, 1.82) is 0 Å². The Balaban J connectivity index is 1.58. The van der Waals surface area contributed by atoms with Crippen LogP contribution < -0.4 is 10.1 Å². The van der Waals surface area contributed by atoms with Crippen molar-refractivity contribution >= 4 is 5.91 Å². The molecule has 1 aliphatic heterocycles. The highest BCUT2D eigenvalue weighted by Gasteiger charge is 2.40. The summed E-state index contributed by atoms with van der Waals surface area (Å²) >= 11 is 0. The minimum Gasteiger partial charge on any atom is -0.496 e. The van der Waals surface area contributed by atoms with Crippen molar-refractivity contribution in [2.75, 3.05) is 26.9 Å². The molecule has 0 atom stereocenters. The molecule has 1 aliphatic rings. The summed E-state index contributed by atoms with van der Waals surface area (Å²) in [5.74, 6) is 0.347. The fraction of sp³-hybridized carbons (Fsp3) is 0.321. The van der Waals surface area contributed by atoms with Crippen molar-refractivity contribution in [2.45, 2.75) is 25.7 Å². The van der Waals surface area contributed by atoms with Crippen molar-refractivity contribution < 1.29 is 18.7 Å². The fourth-order valence-electron chi connectivity index (χ4n) is 4.59. The predicted octanol–water partition coefficient (Wildman–Crippen LogP) is 5.20. The van der Waals surface area contributed by atoms with Gasteiger partial charge in [0.15, 0.2) is 0 Å². The van der Waals surface area contributed by atoms with Crippen LogP contribution in [0.5, 0.6) is 5.75 Å². The zero-order valence-corrected chi connectivity index (χ0v) is 19.0. The number of carbonyl (C=O) groups excluding carboxylic acids is 1. The molecular weight excluding hydrogens is 417 g/mol. The molecule has 1 saturated heterocycles. The van der Waals surface area contributed by atoms with E-state index < -0.39 is 5.41 Å². The van der Waals surface area contributed by atoms with E-state index in [2.05, 4.69) is 17.4 Å². The van der Waals surface area contributed by atoms with Gasteiger partial charge in [0.2, 0.25) is 5.91 Å². The largest absolute Gasteiger partial charge is 0.496 e. The second kappa shape index (κ2) is 10.6. The van der Waals surface area contributed by atoms with Crippen LogP contribution in [0.25, 0.3) is 11.1 Å². The zero-order chi connectivity index (χ0) is 23.1. The van der Waals surface area contributed by atoms with E-state index in [4.69, 9.17) is 9.47 Å². The first kappa shape index (κ1) is 23.0. The van der Waals surface area contributed by atoms with Crippen molar-refractivity contribution in [2.24, 2.45) is 5.41 Å². The summed E-state index contributed by atoms with van der Waals surface area (Å²) in [5, 5.41) is 3.17. The maximum Gasteiger partial charge on any atom is 0.226 e. The number of methoxy groups -OCH3 is 1. The molecule has 3 aromatic carbocycles. The predicted molar refractivity (Wildman–Crippen MR) is 128 cm³/mol. The molecule has 0 unspecified atom stereocenters. The molecule has 3 aromatic rings. The molecule has 5 heteroatoms. The van der Waals surface area contributed by atoms with E-state index in [1.165, 1.54) is 17.7 Å². The summed E-state index contributed by atoms with van der Waals surface area (Å²) in [6.07, 6.45) is 2.65. The van der Waals surface area contributed by atoms with Crippen molar-refractivity contribution in [3.8, 4) is 16.9 Å². The van der Waals surface area contributed by atoms with E-state index >= 15 is 0 Å². The summed E-state index contributed by atoms with van der Waals surface area (Å²) < 4.78 is 25.2. The van der Waals surface area contributed by atoms with Gasteiger partial charge in [0.05, 0.1) is 12.5 Å². The number of ether oxygens (including phenoxy) is 2. The summed E-state index contributed by atoms with van der Waals surface area (Å²) in [6.45, 7) is 1.69. The second-order valence-electron chi connectivity index (χ2n) is 8.56. The third kappa shape index (κ3) is 5.42. The minimum atomic E-state index is -0.564. The lowest BCUT2D eigenvalue weighted by molar-refractivity contribution is -0.136. The summed E-state index contributed by atoms with van der Waals surface area (Å²) in [7, 11) is 1.58. The monoisotopic (exact) mass is 447 g/mol. The van der Waals surface area contributed by atoms with Gasteiger partial charge in [0, 0.05) is 25.3 Å². The van der Waals surface area contributed by atoms with Crippen molar-refractivity contribution in [3.63, 3.8) is 0 Å². The molecule has 1 fully saturated rings. The molecule has 4 rings (SSSR count). The molecule has 33 heavy (non-hydrogen) atoms. The van der Waals surface area contributed by atoms with E-state index in [1.54, 1.807) is 13.2 Å². The minimum absolute atomic E-state index is 0.0581. The molecule has 1 amide bonds. The van der Waals surface area contributed by atoms with Crippen LogP contribution in [0.4, 0.5) is 4.39 Å². The van der Waals surface area contributed by atoms with Crippen LogP contribution >= 0.6 is 0 Å².